The monoisotopic (exact) mass is 228 g/mol. The third-order valence-corrected chi connectivity index (χ3v) is 2.94. The maximum Gasteiger partial charge on any atom is 0.126 e. The van der Waals surface area contributed by atoms with E-state index in [0.717, 1.165) is 12.8 Å². The molecule has 0 N–H and O–H groups in total. The molecule has 0 heterocycles. The summed E-state index contributed by atoms with van der Waals surface area (Å²) in [4.78, 5) is 0. The summed E-state index contributed by atoms with van der Waals surface area (Å²) >= 11 is 1.94. The predicted molar refractivity (Wildman–Crippen MR) is 64.1 cm³/mol. The van der Waals surface area contributed by atoms with Crippen LogP contribution in [0.15, 0.2) is 24.3 Å². The standard InChI is InChI=1S/C12H17FOS/c1-2-15-9-4-3-8-14-12-7-5-6-11(13)10-12/h5-7,10H,2-4,8-9H2,1H3. The highest BCUT2D eigenvalue weighted by Gasteiger charge is 1.95. The molecular weight excluding hydrogens is 211 g/mol. The smallest absolute Gasteiger partial charge is 0.126 e. The van der Waals surface area contributed by atoms with Crippen LogP contribution in [0.25, 0.3) is 0 Å². The lowest BCUT2D eigenvalue weighted by Crippen LogP contribution is -1.98. The van der Waals surface area contributed by atoms with Gasteiger partial charge in [0.25, 0.3) is 0 Å². The number of ether oxygens (including phenoxy) is 1. The van der Waals surface area contributed by atoms with Crippen molar-refractivity contribution in [1.82, 2.24) is 0 Å². The highest BCUT2D eigenvalue weighted by molar-refractivity contribution is 7.99. The van der Waals surface area contributed by atoms with Crippen molar-refractivity contribution in [3.05, 3.63) is 30.1 Å². The molecule has 0 aromatic heterocycles. The Morgan fingerprint density at radius 3 is 2.93 bits per heavy atom. The minimum absolute atomic E-state index is 0.242. The summed E-state index contributed by atoms with van der Waals surface area (Å²) < 4.78 is 18.2. The molecule has 1 aromatic carbocycles. The van der Waals surface area contributed by atoms with E-state index in [4.69, 9.17) is 4.74 Å². The van der Waals surface area contributed by atoms with Gasteiger partial charge >= 0.3 is 0 Å². The molecule has 0 saturated heterocycles. The number of hydrogen-bond acceptors (Lipinski definition) is 2. The lowest BCUT2D eigenvalue weighted by atomic mass is 10.3. The van der Waals surface area contributed by atoms with Gasteiger partial charge in [-0.1, -0.05) is 13.0 Å². The zero-order valence-corrected chi connectivity index (χ0v) is 9.86. The summed E-state index contributed by atoms with van der Waals surface area (Å²) in [6, 6.07) is 6.28. The fourth-order valence-electron chi connectivity index (χ4n) is 1.20. The fraction of sp³-hybridized carbons (Fsp3) is 0.500. The molecule has 0 radical (unpaired) electrons. The molecule has 0 fully saturated rings. The molecule has 1 nitrogen and oxygen atoms in total. The van der Waals surface area contributed by atoms with Crippen molar-refractivity contribution in [2.75, 3.05) is 18.1 Å². The van der Waals surface area contributed by atoms with Crippen molar-refractivity contribution in [1.29, 1.82) is 0 Å². The number of unbranched alkanes of at least 4 members (excludes halogenated alkanes) is 1. The van der Waals surface area contributed by atoms with Crippen molar-refractivity contribution >= 4 is 11.8 Å². The van der Waals surface area contributed by atoms with Crippen LogP contribution in [0.5, 0.6) is 5.75 Å². The molecular formula is C12H17FOS. The molecule has 0 atom stereocenters. The zero-order chi connectivity index (χ0) is 10.9. The molecule has 0 saturated carbocycles. The second-order valence-electron chi connectivity index (χ2n) is 3.21. The summed E-state index contributed by atoms with van der Waals surface area (Å²) in [5, 5.41) is 0. The van der Waals surface area contributed by atoms with Gasteiger partial charge in [-0.05, 0) is 36.5 Å². The third kappa shape index (κ3) is 5.67. The summed E-state index contributed by atoms with van der Waals surface area (Å²) in [5.41, 5.74) is 0. The van der Waals surface area contributed by atoms with Crippen molar-refractivity contribution in [3.8, 4) is 5.75 Å². The topological polar surface area (TPSA) is 9.23 Å². The Balaban J connectivity index is 2.10. The SMILES string of the molecule is CCSCCCCOc1cccc(F)c1. The first-order chi connectivity index (χ1) is 7.33. The van der Waals surface area contributed by atoms with E-state index in [1.165, 1.54) is 23.6 Å². The van der Waals surface area contributed by atoms with Gasteiger partial charge < -0.3 is 4.74 Å². The Morgan fingerprint density at radius 2 is 2.20 bits per heavy atom. The molecule has 0 bridgehead atoms. The van der Waals surface area contributed by atoms with E-state index in [-0.39, 0.29) is 5.82 Å². The average molecular weight is 228 g/mol. The quantitative estimate of drug-likeness (QED) is 0.657. The van der Waals surface area contributed by atoms with Crippen molar-refractivity contribution in [2.45, 2.75) is 19.8 Å². The minimum atomic E-state index is -0.242. The van der Waals surface area contributed by atoms with Crippen LogP contribution in [-0.4, -0.2) is 18.1 Å². The van der Waals surface area contributed by atoms with E-state index in [1.807, 2.05) is 11.8 Å². The number of thioether (sulfide) groups is 1. The Morgan fingerprint density at radius 1 is 1.33 bits per heavy atom. The van der Waals surface area contributed by atoms with Crippen LogP contribution in [0.4, 0.5) is 4.39 Å². The van der Waals surface area contributed by atoms with E-state index in [1.54, 1.807) is 12.1 Å². The highest BCUT2D eigenvalue weighted by atomic mass is 32.2. The van der Waals surface area contributed by atoms with Crippen LogP contribution in [0.3, 0.4) is 0 Å². The zero-order valence-electron chi connectivity index (χ0n) is 9.04. The molecule has 15 heavy (non-hydrogen) atoms. The largest absolute Gasteiger partial charge is 0.493 e. The Hall–Kier alpha value is -0.700. The summed E-state index contributed by atoms with van der Waals surface area (Å²) in [6.45, 7) is 2.83. The van der Waals surface area contributed by atoms with Gasteiger partial charge in [-0.25, -0.2) is 4.39 Å². The predicted octanol–water partition coefficient (Wildman–Crippen LogP) is 3.74. The normalized spacial score (nSPS) is 10.3. The molecule has 0 aliphatic heterocycles. The average Bonchev–Trinajstić information content (AvgIpc) is 2.23. The van der Waals surface area contributed by atoms with Crippen LogP contribution < -0.4 is 4.74 Å². The third-order valence-electron chi connectivity index (χ3n) is 1.95. The summed E-state index contributed by atoms with van der Waals surface area (Å²) in [7, 11) is 0. The summed E-state index contributed by atoms with van der Waals surface area (Å²) in [5.74, 6) is 2.74. The molecule has 0 unspecified atom stereocenters. The number of halogens is 1. The van der Waals surface area contributed by atoms with Crippen LogP contribution in [0.2, 0.25) is 0 Å². The van der Waals surface area contributed by atoms with Crippen LogP contribution >= 0.6 is 11.8 Å². The van der Waals surface area contributed by atoms with Gasteiger partial charge in [0.1, 0.15) is 11.6 Å². The van der Waals surface area contributed by atoms with Crippen LogP contribution in [0.1, 0.15) is 19.8 Å². The molecule has 1 aromatic rings. The number of hydrogen-bond donors (Lipinski definition) is 0. The molecule has 0 aliphatic carbocycles. The van der Waals surface area contributed by atoms with Gasteiger partial charge in [-0.2, -0.15) is 11.8 Å². The van der Waals surface area contributed by atoms with Gasteiger partial charge in [0.2, 0.25) is 0 Å². The summed E-state index contributed by atoms with van der Waals surface area (Å²) in [6.07, 6.45) is 2.19. The lowest BCUT2D eigenvalue weighted by Gasteiger charge is -2.05. The second kappa shape index (κ2) is 7.57. The second-order valence-corrected chi connectivity index (χ2v) is 4.60. The maximum atomic E-state index is 12.8. The van der Waals surface area contributed by atoms with Crippen LogP contribution in [0, 0.1) is 5.82 Å². The molecule has 0 aliphatic rings. The van der Waals surface area contributed by atoms with Gasteiger partial charge in [0.15, 0.2) is 0 Å². The first-order valence-electron chi connectivity index (χ1n) is 5.29. The van der Waals surface area contributed by atoms with E-state index in [9.17, 15) is 4.39 Å². The van der Waals surface area contributed by atoms with Gasteiger partial charge in [-0.3, -0.25) is 0 Å². The lowest BCUT2D eigenvalue weighted by molar-refractivity contribution is 0.308. The first kappa shape index (κ1) is 12.4. The van der Waals surface area contributed by atoms with Crippen molar-refractivity contribution in [3.63, 3.8) is 0 Å². The van der Waals surface area contributed by atoms with Gasteiger partial charge in [0, 0.05) is 6.07 Å². The van der Waals surface area contributed by atoms with Crippen molar-refractivity contribution < 1.29 is 9.13 Å². The molecule has 0 amide bonds. The van der Waals surface area contributed by atoms with Gasteiger partial charge in [-0.15, -0.1) is 0 Å². The van der Waals surface area contributed by atoms with Gasteiger partial charge in [0.05, 0.1) is 6.61 Å². The first-order valence-corrected chi connectivity index (χ1v) is 6.44. The minimum Gasteiger partial charge on any atom is -0.493 e. The fourth-order valence-corrected chi connectivity index (χ4v) is 1.89. The molecule has 84 valence electrons. The maximum absolute atomic E-state index is 12.8. The number of benzene rings is 1. The number of rotatable bonds is 7. The molecule has 1 rings (SSSR count). The van der Waals surface area contributed by atoms with E-state index < -0.39 is 0 Å². The van der Waals surface area contributed by atoms with E-state index in [0.29, 0.717) is 12.4 Å². The Kier molecular flexibility index (Phi) is 6.25. The highest BCUT2D eigenvalue weighted by Crippen LogP contribution is 2.12. The van der Waals surface area contributed by atoms with Crippen molar-refractivity contribution in [2.24, 2.45) is 0 Å². The van der Waals surface area contributed by atoms with E-state index in [2.05, 4.69) is 6.92 Å². The van der Waals surface area contributed by atoms with E-state index >= 15 is 0 Å². The molecule has 3 heteroatoms. The Bertz CT molecular complexity index is 278. The molecule has 0 spiro atoms. The Labute approximate surface area is 95.0 Å². The van der Waals surface area contributed by atoms with Crippen LogP contribution in [-0.2, 0) is 0 Å².